The molecule has 1 nitrogen and oxygen atoms in total. The molecule has 0 spiro atoms. The Bertz CT molecular complexity index is 530. The van der Waals surface area contributed by atoms with Gasteiger partial charge in [-0.05, 0) is 18.0 Å². The highest BCUT2D eigenvalue weighted by molar-refractivity contribution is 7.02. The SMILES string of the molecule is O=CCC1CC[Si](c2ccccc2)(c2ccccc2)CC1. The molecule has 2 heteroatoms. The van der Waals surface area contributed by atoms with Crippen molar-refractivity contribution in [1.29, 1.82) is 0 Å². The second kappa shape index (κ2) is 6.40. The van der Waals surface area contributed by atoms with E-state index in [1.165, 1.54) is 24.9 Å². The summed E-state index contributed by atoms with van der Waals surface area (Å²) in [6.07, 6.45) is 4.25. The summed E-state index contributed by atoms with van der Waals surface area (Å²) in [7, 11) is -1.62. The summed E-state index contributed by atoms with van der Waals surface area (Å²) in [6, 6.07) is 24.7. The van der Waals surface area contributed by atoms with Crippen LogP contribution in [0.4, 0.5) is 0 Å². The highest BCUT2D eigenvalue weighted by atomic mass is 28.3. The van der Waals surface area contributed by atoms with Crippen molar-refractivity contribution in [3.05, 3.63) is 60.7 Å². The number of benzene rings is 2. The van der Waals surface area contributed by atoms with Gasteiger partial charge in [0.25, 0.3) is 0 Å². The first-order chi connectivity index (χ1) is 10.3. The fraction of sp³-hybridized carbons (Fsp3) is 0.316. The average Bonchev–Trinajstić information content (AvgIpc) is 2.58. The van der Waals surface area contributed by atoms with Gasteiger partial charge in [0.05, 0.1) is 0 Å². The minimum Gasteiger partial charge on any atom is -0.303 e. The number of hydrogen-bond acceptors (Lipinski definition) is 1. The van der Waals surface area contributed by atoms with Gasteiger partial charge in [0.15, 0.2) is 0 Å². The van der Waals surface area contributed by atoms with E-state index < -0.39 is 8.07 Å². The molecule has 1 saturated heterocycles. The summed E-state index contributed by atoms with van der Waals surface area (Å²) in [4.78, 5) is 10.8. The first kappa shape index (κ1) is 14.3. The zero-order valence-electron chi connectivity index (χ0n) is 12.4. The van der Waals surface area contributed by atoms with Crippen molar-refractivity contribution >= 4 is 24.7 Å². The fourth-order valence-corrected chi connectivity index (χ4v) is 9.00. The zero-order chi connectivity index (χ0) is 14.5. The van der Waals surface area contributed by atoms with E-state index in [-0.39, 0.29) is 0 Å². The van der Waals surface area contributed by atoms with Crippen molar-refractivity contribution in [3.8, 4) is 0 Å². The van der Waals surface area contributed by atoms with Crippen LogP contribution in [-0.4, -0.2) is 14.4 Å². The lowest BCUT2D eigenvalue weighted by Gasteiger charge is -2.39. The molecule has 2 aromatic rings. The summed E-state index contributed by atoms with van der Waals surface area (Å²) in [6.45, 7) is 0. The van der Waals surface area contributed by atoms with Crippen LogP contribution < -0.4 is 10.4 Å². The van der Waals surface area contributed by atoms with E-state index in [9.17, 15) is 4.79 Å². The minimum atomic E-state index is -1.62. The summed E-state index contributed by atoms with van der Waals surface area (Å²) in [5, 5.41) is 3.11. The Morgan fingerprint density at radius 1 is 0.857 bits per heavy atom. The van der Waals surface area contributed by atoms with Crippen molar-refractivity contribution in [3.63, 3.8) is 0 Å². The molecule has 0 radical (unpaired) electrons. The van der Waals surface area contributed by atoms with Gasteiger partial charge < -0.3 is 4.79 Å². The van der Waals surface area contributed by atoms with Crippen molar-refractivity contribution < 1.29 is 4.79 Å². The maximum Gasteiger partial charge on any atom is 0.120 e. The second-order valence-electron chi connectivity index (χ2n) is 6.16. The molecule has 0 N–H and O–H groups in total. The first-order valence-corrected chi connectivity index (χ1v) is 10.3. The lowest BCUT2D eigenvalue weighted by molar-refractivity contribution is -0.108. The molecule has 1 aliphatic rings. The first-order valence-electron chi connectivity index (χ1n) is 7.90. The van der Waals surface area contributed by atoms with Crippen LogP contribution in [0.2, 0.25) is 12.1 Å². The van der Waals surface area contributed by atoms with Gasteiger partial charge in [-0.25, -0.2) is 0 Å². The van der Waals surface area contributed by atoms with Crippen molar-refractivity contribution in [1.82, 2.24) is 0 Å². The zero-order valence-corrected chi connectivity index (χ0v) is 13.4. The molecule has 0 atom stereocenters. The van der Waals surface area contributed by atoms with E-state index in [2.05, 4.69) is 60.7 Å². The molecule has 1 aliphatic heterocycles. The molecule has 1 fully saturated rings. The highest BCUT2D eigenvalue weighted by Crippen LogP contribution is 2.33. The summed E-state index contributed by atoms with van der Waals surface area (Å²) < 4.78 is 0. The molecule has 0 bridgehead atoms. The maximum atomic E-state index is 10.8. The van der Waals surface area contributed by atoms with E-state index in [1.807, 2.05) is 0 Å². The van der Waals surface area contributed by atoms with Crippen LogP contribution in [0.1, 0.15) is 19.3 Å². The Labute approximate surface area is 128 Å². The van der Waals surface area contributed by atoms with Crippen molar-refractivity contribution in [2.45, 2.75) is 31.4 Å². The Balaban J connectivity index is 1.96. The van der Waals surface area contributed by atoms with Crippen LogP contribution in [0.15, 0.2) is 60.7 Å². The quantitative estimate of drug-likeness (QED) is 0.625. The molecule has 21 heavy (non-hydrogen) atoms. The Kier molecular flexibility index (Phi) is 4.35. The Morgan fingerprint density at radius 3 is 1.76 bits per heavy atom. The molecule has 0 amide bonds. The largest absolute Gasteiger partial charge is 0.303 e. The minimum absolute atomic E-state index is 0.607. The molecule has 3 rings (SSSR count). The molecular formula is C19H22OSi. The van der Waals surface area contributed by atoms with Crippen LogP contribution in [-0.2, 0) is 4.79 Å². The van der Waals surface area contributed by atoms with Crippen LogP contribution in [0, 0.1) is 5.92 Å². The Hall–Kier alpha value is -1.67. The van der Waals surface area contributed by atoms with Crippen molar-refractivity contribution in [2.24, 2.45) is 5.92 Å². The average molecular weight is 294 g/mol. The number of hydrogen-bond donors (Lipinski definition) is 0. The standard InChI is InChI=1S/C19H22OSi/c20-14-11-17-12-15-21(16-13-17,18-7-3-1-4-8-18)19-9-5-2-6-10-19/h1-10,14,17H,11-13,15-16H2. The van der Waals surface area contributed by atoms with Gasteiger partial charge in [-0.1, -0.05) is 83.9 Å². The van der Waals surface area contributed by atoms with Gasteiger partial charge in [-0.3, -0.25) is 0 Å². The summed E-state index contributed by atoms with van der Waals surface area (Å²) in [5.41, 5.74) is 0. The summed E-state index contributed by atoms with van der Waals surface area (Å²) in [5.74, 6) is 0.607. The molecule has 0 saturated carbocycles. The number of rotatable bonds is 4. The molecule has 2 aromatic carbocycles. The Morgan fingerprint density at radius 2 is 1.33 bits per heavy atom. The van der Waals surface area contributed by atoms with E-state index in [0.717, 1.165) is 12.7 Å². The van der Waals surface area contributed by atoms with E-state index in [1.54, 1.807) is 10.4 Å². The van der Waals surface area contributed by atoms with E-state index in [0.29, 0.717) is 5.92 Å². The van der Waals surface area contributed by atoms with Crippen LogP contribution in [0.5, 0.6) is 0 Å². The third kappa shape index (κ3) is 2.86. The third-order valence-corrected chi connectivity index (χ3v) is 10.2. The van der Waals surface area contributed by atoms with Gasteiger partial charge in [0, 0.05) is 6.42 Å². The van der Waals surface area contributed by atoms with Crippen LogP contribution in [0.3, 0.4) is 0 Å². The van der Waals surface area contributed by atoms with Crippen LogP contribution >= 0.6 is 0 Å². The molecule has 1 heterocycles. The van der Waals surface area contributed by atoms with E-state index >= 15 is 0 Å². The van der Waals surface area contributed by atoms with Crippen LogP contribution in [0.25, 0.3) is 0 Å². The molecule has 108 valence electrons. The number of carbonyl (C=O) groups is 1. The molecular weight excluding hydrogens is 272 g/mol. The maximum absolute atomic E-state index is 10.8. The predicted octanol–water partition coefficient (Wildman–Crippen LogP) is 3.25. The topological polar surface area (TPSA) is 17.1 Å². The van der Waals surface area contributed by atoms with Gasteiger partial charge in [-0.2, -0.15) is 0 Å². The smallest absolute Gasteiger partial charge is 0.120 e. The summed E-state index contributed by atoms with van der Waals surface area (Å²) >= 11 is 0. The molecule has 0 aliphatic carbocycles. The monoisotopic (exact) mass is 294 g/mol. The second-order valence-corrected chi connectivity index (χ2v) is 10.5. The fourth-order valence-electron chi connectivity index (χ4n) is 3.80. The van der Waals surface area contributed by atoms with Gasteiger partial charge in [0.2, 0.25) is 0 Å². The number of carbonyl (C=O) groups excluding carboxylic acids is 1. The van der Waals surface area contributed by atoms with Gasteiger partial charge >= 0.3 is 0 Å². The normalized spacial score (nSPS) is 18.3. The van der Waals surface area contributed by atoms with E-state index in [4.69, 9.17) is 0 Å². The number of aldehydes is 1. The molecule has 0 unspecified atom stereocenters. The van der Waals surface area contributed by atoms with Gasteiger partial charge in [-0.15, -0.1) is 0 Å². The highest BCUT2D eigenvalue weighted by Gasteiger charge is 2.40. The molecule has 0 aromatic heterocycles. The third-order valence-electron chi connectivity index (χ3n) is 5.04. The lowest BCUT2D eigenvalue weighted by atomic mass is 10.00. The van der Waals surface area contributed by atoms with Gasteiger partial charge in [0.1, 0.15) is 14.4 Å². The van der Waals surface area contributed by atoms with Crippen molar-refractivity contribution in [2.75, 3.05) is 0 Å². The predicted molar refractivity (Wildman–Crippen MR) is 90.9 cm³/mol. The lowest BCUT2D eigenvalue weighted by Crippen LogP contribution is -2.59.